The molecule has 0 spiro atoms. The van der Waals surface area contributed by atoms with E-state index in [0.717, 1.165) is 24.1 Å². The number of nitrogens with one attached hydrogen (secondary N) is 1. The first-order valence-corrected chi connectivity index (χ1v) is 6.12. The Kier molecular flexibility index (Phi) is 4.47. The number of nitrogens with zero attached hydrogens (tertiary/aromatic N) is 1. The van der Waals surface area contributed by atoms with E-state index in [4.69, 9.17) is 10.6 Å². The molecule has 0 saturated heterocycles. The molecule has 0 radical (unpaired) electrons. The highest BCUT2D eigenvalue weighted by Gasteiger charge is 2.13. The molecule has 2 rings (SSSR count). The fraction of sp³-hybridized carbons (Fsp3) is 0.214. The van der Waals surface area contributed by atoms with Crippen molar-refractivity contribution in [2.24, 2.45) is 10.8 Å². The molecule has 1 aliphatic rings. The minimum Gasteiger partial charge on any atom is -0.433 e. The molecule has 0 amide bonds. The molecule has 0 fully saturated rings. The van der Waals surface area contributed by atoms with Crippen LogP contribution in [0.1, 0.15) is 19.8 Å². The number of hydrogen-bond donors (Lipinski definition) is 2. The lowest BCUT2D eigenvalue weighted by Gasteiger charge is -2.12. The number of aliphatic imine (C=N–C) groups is 1. The number of para-hydroxylation sites is 1. The van der Waals surface area contributed by atoms with E-state index in [1.165, 1.54) is 12.3 Å². The van der Waals surface area contributed by atoms with Gasteiger partial charge in [-0.3, -0.25) is 5.84 Å². The lowest BCUT2D eigenvalue weighted by molar-refractivity contribution is 0.449. The van der Waals surface area contributed by atoms with Crippen LogP contribution in [0.4, 0.5) is 8.78 Å². The number of allylic oxidation sites excluding steroid dienone is 2. The van der Waals surface area contributed by atoms with Crippen molar-refractivity contribution in [1.82, 2.24) is 5.43 Å². The van der Waals surface area contributed by atoms with Crippen LogP contribution in [0.3, 0.4) is 0 Å². The Hall–Kier alpha value is -2.21. The molecule has 0 atom stereocenters. The third kappa shape index (κ3) is 3.42. The molecule has 1 aliphatic heterocycles. The van der Waals surface area contributed by atoms with Gasteiger partial charge in [-0.25, -0.2) is 13.8 Å². The molecule has 0 bridgehead atoms. The highest BCUT2D eigenvalue weighted by molar-refractivity contribution is 5.90. The van der Waals surface area contributed by atoms with Crippen LogP contribution in [0, 0.1) is 11.6 Å². The van der Waals surface area contributed by atoms with Crippen LogP contribution in [-0.2, 0) is 0 Å². The number of ether oxygens (including phenoxy) is 1. The SMILES string of the molecule is C/C1=C/C(Oc2c(F)cccc2F)=N/C=C(/NN)CC1. The van der Waals surface area contributed by atoms with Crippen molar-refractivity contribution in [3.05, 3.63) is 53.4 Å². The third-order valence-corrected chi connectivity index (χ3v) is 2.82. The Morgan fingerprint density at radius 2 is 1.95 bits per heavy atom. The quantitative estimate of drug-likeness (QED) is 0.646. The molecule has 0 aromatic heterocycles. The summed E-state index contributed by atoms with van der Waals surface area (Å²) in [5.41, 5.74) is 4.21. The van der Waals surface area contributed by atoms with E-state index in [1.807, 2.05) is 6.92 Å². The highest BCUT2D eigenvalue weighted by Crippen LogP contribution is 2.22. The minimum atomic E-state index is -0.776. The monoisotopic (exact) mass is 279 g/mol. The summed E-state index contributed by atoms with van der Waals surface area (Å²) in [6.07, 6.45) is 4.59. The topological polar surface area (TPSA) is 59.6 Å². The molecule has 1 heterocycles. The minimum absolute atomic E-state index is 0.110. The number of rotatable bonds is 2. The average molecular weight is 279 g/mol. The van der Waals surface area contributed by atoms with Gasteiger partial charge in [-0.2, -0.15) is 0 Å². The first kappa shape index (κ1) is 14.2. The van der Waals surface area contributed by atoms with E-state index in [1.54, 1.807) is 6.08 Å². The van der Waals surface area contributed by atoms with Crippen LogP contribution < -0.4 is 16.0 Å². The Bertz CT molecular complexity index is 574. The maximum Gasteiger partial charge on any atom is 0.219 e. The van der Waals surface area contributed by atoms with E-state index >= 15 is 0 Å². The molecule has 0 aliphatic carbocycles. The Morgan fingerprint density at radius 3 is 2.60 bits per heavy atom. The number of halogens is 2. The van der Waals surface area contributed by atoms with E-state index in [2.05, 4.69) is 10.4 Å². The van der Waals surface area contributed by atoms with Gasteiger partial charge in [0.1, 0.15) is 0 Å². The third-order valence-electron chi connectivity index (χ3n) is 2.82. The second-order valence-corrected chi connectivity index (χ2v) is 4.41. The molecular formula is C14H15F2N3O. The van der Waals surface area contributed by atoms with E-state index in [-0.39, 0.29) is 5.90 Å². The van der Waals surface area contributed by atoms with Crippen molar-refractivity contribution in [3.63, 3.8) is 0 Å². The zero-order valence-electron chi connectivity index (χ0n) is 11.0. The molecular weight excluding hydrogens is 264 g/mol. The van der Waals surface area contributed by atoms with Crippen LogP contribution in [0.2, 0.25) is 0 Å². The van der Waals surface area contributed by atoms with Gasteiger partial charge >= 0.3 is 0 Å². The predicted octanol–water partition coefficient (Wildman–Crippen LogP) is 2.79. The zero-order chi connectivity index (χ0) is 14.5. The molecule has 6 heteroatoms. The van der Waals surface area contributed by atoms with Crippen molar-refractivity contribution in [2.45, 2.75) is 19.8 Å². The van der Waals surface area contributed by atoms with Crippen molar-refractivity contribution in [3.8, 4) is 5.75 Å². The first-order valence-electron chi connectivity index (χ1n) is 6.12. The average Bonchev–Trinajstić information content (AvgIpc) is 2.40. The summed E-state index contributed by atoms with van der Waals surface area (Å²) < 4.78 is 32.3. The van der Waals surface area contributed by atoms with Gasteiger partial charge in [0, 0.05) is 5.70 Å². The largest absolute Gasteiger partial charge is 0.433 e. The first-order chi connectivity index (χ1) is 9.60. The predicted molar refractivity (Wildman–Crippen MR) is 72.8 cm³/mol. The molecule has 0 unspecified atom stereocenters. The lowest BCUT2D eigenvalue weighted by Crippen LogP contribution is -2.21. The molecule has 106 valence electrons. The van der Waals surface area contributed by atoms with Gasteiger partial charge in [0.05, 0.1) is 6.20 Å². The van der Waals surface area contributed by atoms with Crippen LogP contribution in [0.5, 0.6) is 5.75 Å². The summed E-state index contributed by atoms with van der Waals surface area (Å²) in [7, 11) is 0. The van der Waals surface area contributed by atoms with Crippen LogP contribution >= 0.6 is 0 Å². The summed E-state index contributed by atoms with van der Waals surface area (Å²) in [5, 5.41) is 0. The van der Waals surface area contributed by atoms with Crippen molar-refractivity contribution < 1.29 is 13.5 Å². The van der Waals surface area contributed by atoms with E-state index < -0.39 is 17.4 Å². The van der Waals surface area contributed by atoms with Crippen LogP contribution in [0.15, 0.2) is 46.7 Å². The van der Waals surface area contributed by atoms with Crippen molar-refractivity contribution in [1.29, 1.82) is 0 Å². The highest BCUT2D eigenvalue weighted by atomic mass is 19.1. The maximum atomic E-state index is 13.5. The molecule has 1 aromatic rings. The van der Waals surface area contributed by atoms with Crippen LogP contribution in [-0.4, -0.2) is 5.90 Å². The number of hydrazine groups is 1. The zero-order valence-corrected chi connectivity index (χ0v) is 11.0. The number of hydrogen-bond acceptors (Lipinski definition) is 4. The molecule has 1 aromatic carbocycles. The Morgan fingerprint density at radius 1 is 1.25 bits per heavy atom. The van der Waals surface area contributed by atoms with Crippen molar-refractivity contribution >= 4 is 5.90 Å². The van der Waals surface area contributed by atoms with Gasteiger partial charge in [-0.05, 0) is 38.0 Å². The normalized spacial score (nSPS) is 23.3. The maximum absolute atomic E-state index is 13.5. The number of nitrogens with two attached hydrogens (primary N) is 1. The Balaban J connectivity index is 2.32. The molecule has 4 nitrogen and oxygen atoms in total. The summed E-state index contributed by atoms with van der Waals surface area (Å²) in [4.78, 5) is 4.04. The van der Waals surface area contributed by atoms with Gasteiger partial charge in [0.15, 0.2) is 11.6 Å². The van der Waals surface area contributed by atoms with Gasteiger partial charge in [-0.1, -0.05) is 11.6 Å². The summed E-state index contributed by atoms with van der Waals surface area (Å²) in [6, 6.07) is 3.53. The fourth-order valence-electron chi connectivity index (χ4n) is 1.71. The second-order valence-electron chi connectivity index (χ2n) is 4.41. The lowest BCUT2D eigenvalue weighted by atomic mass is 10.1. The summed E-state index contributed by atoms with van der Waals surface area (Å²) in [5.74, 6) is 3.44. The Labute approximate surface area is 115 Å². The molecule has 20 heavy (non-hydrogen) atoms. The van der Waals surface area contributed by atoms with Gasteiger partial charge in [0.25, 0.3) is 0 Å². The van der Waals surface area contributed by atoms with Gasteiger partial charge in [-0.15, -0.1) is 0 Å². The van der Waals surface area contributed by atoms with E-state index in [9.17, 15) is 8.78 Å². The van der Waals surface area contributed by atoms with Gasteiger partial charge < -0.3 is 10.2 Å². The standard InChI is InChI=1S/C14H15F2N3O/c1-9-5-6-10(19-17)8-18-13(7-9)20-14-11(15)3-2-4-12(14)16/h2-4,7-8,19H,5-6,17H2,1H3/b9-7-,10-8+,18-13-. The van der Waals surface area contributed by atoms with E-state index in [0.29, 0.717) is 12.1 Å². The van der Waals surface area contributed by atoms with Crippen molar-refractivity contribution in [2.75, 3.05) is 0 Å². The smallest absolute Gasteiger partial charge is 0.219 e. The molecule has 0 saturated carbocycles. The summed E-state index contributed by atoms with van der Waals surface area (Å²) >= 11 is 0. The molecule has 3 N–H and O–H groups in total. The number of benzene rings is 1. The fourth-order valence-corrected chi connectivity index (χ4v) is 1.71. The summed E-state index contributed by atoms with van der Waals surface area (Å²) in [6.45, 7) is 1.88. The second kappa shape index (κ2) is 6.29. The van der Waals surface area contributed by atoms with Gasteiger partial charge in [0.2, 0.25) is 11.6 Å². The van der Waals surface area contributed by atoms with Crippen LogP contribution in [0.25, 0.3) is 0 Å².